The average Bonchev–Trinajstić information content (AvgIpc) is 2.27. The third-order valence-electron chi connectivity index (χ3n) is 2.29. The number of carbonyl (C=O) groups is 1. The van der Waals surface area contributed by atoms with Crippen LogP contribution >= 0.6 is 15.9 Å². The lowest BCUT2D eigenvalue weighted by Gasteiger charge is -2.13. The van der Waals surface area contributed by atoms with Crippen LogP contribution in [-0.4, -0.2) is 30.9 Å². The first-order valence-corrected chi connectivity index (χ1v) is 7.81. The monoisotopic (exact) mass is 375 g/mol. The highest BCUT2D eigenvalue weighted by molar-refractivity contribution is 9.10. The lowest BCUT2D eigenvalue weighted by molar-refractivity contribution is -0.142. The second kappa shape index (κ2) is 5.68. The molecule has 1 aromatic rings. The number of ether oxygens (including phenoxy) is 1. The number of aromatic nitrogens is 1. The zero-order valence-electron chi connectivity index (χ0n) is 10.2. The summed E-state index contributed by atoms with van der Waals surface area (Å²) in [6.45, 7) is 1.02. The third kappa shape index (κ3) is 4.17. The zero-order chi connectivity index (χ0) is 15.7. The number of nitrogens with zero attached hydrogens (tertiary/aromatic N) is 1. The second-order valence-corrected chi connectivity index (χ2v) is 7.18. The minimum absolute atomic E-state index is 0.0424. The average molecular weight is 376 g/mol. The summed E-state index contributed by atoms with van der Waals surface area (Å²) in [7, 11) is -3.77. The van der Waals surface area contributed by atoms with Crippen molar-refractivity contribution in [1.29, 1.82) is 0 Å². The molecule has 10 heteroatoms. The van der Waals surface area contributed by atoms with Crippen LogP contribution in [0.15, 0.2) is 16.7 Å². The fourth-order valence-corrected chi connectivity index (χ4v) is 1.79. The summed E-state index contributed by atoms with van der Waals surface area (Å²) in [5, 5.41) is -1.59. The number of alkyl halides is 3. The lowest BCUT2D eigenvalue weighted by Crippen LogP contribution is -2.31. The Kier molecular flexibility index (Phi) is 4.80. The van der Waals surface area contributed by atoms with Gasteiger partial charge >= 0.3 is 12.1 Å². The van der Waals surface area contributed by atoms with Gasteiger partial charge in [-0.05, 0) is 28.9 Å². The van der Waals surface area contributed by atoms with Crippen molar-refractivity contribution in [2.45, 2.75) is 18.3 Å². The number of carbonyl (C=O) groups excluding carboxylic acids is 1. The summed E-state index contributed by atoms with van der Waals surface area (Å²) in [6, 6.07) is 0.681. The Morgan fingerprint density at radius 2 is 2.00 bits per heavy atom. The molecule has 5 nitrogen and oxygen atoms in total. The molecule has 0 saturated carbocycles. The molecule has 0 aliphatic carbocycles. The Morgan fingerprint density at radius 1 is 1.45 bits per heavy atom. The van der Waals surface area contributed by atoms with Gasteiger partial charge in [0.2, 0.25) is 5.88 Å². The third-order valence-corrected chi connectivity index (χ3v) is 4.21. The number of sulfone groups is 1. The van der Waals surface area contributed by atoms with Crippen LogP contribution in [-0.2, 0) is 20.8 Å². The lowest BCUT2D eigenvalue weighted by atomic mass is 10.2. The van der Waals surface area contributed by atoms with Crippen molar-refractivity contribution in [3.63, 3.8) is 0 Å². The van der Waals surface area contributed by atoms with E-state index in [9.17, 15) is 26.4 Å². The van der Waals surface area contributed by atoms with Crippen LogP contribution < -0.4 is 4.74 Å². The van der Waals surface area contributed by atoms with Crippen LogP contribution in [0.4, 0.5) is 13.2 Å². The molecule has 0 fully saturated rings. The number of hydrogen-bond donors (Lipinski definition) is 0. The van der Waals surface area contributed by atoms with Crippen LogP contribution in [0.5, 0.6) is 5.88 Å². The molecule has 0 aliphatic rings. The Morgan fingerprint density at radius 3 is 2.45 bits per heavy atom. The van der Waals surface area contributed by atoms with Gasteiger partial charge in [-0.2, -0.15) is 13.2 Å². The summed E-state index contributed by atoms with van der Waals surface area (Å²) in [5.41, 5.74) is -1.28. The molecule has 0 radical (unpaired) electrons. The van der Waals surface area contributed by atoms with Gasteiger partial charge in [-0.25, -0.2) is 13.4 Å². The van der Waals surface area contributed by atoms with E-state index in [1.807, 2.05) is 0 Å². The van der Waals surface area contributed by atoms with E-state index in [-0.39, 0.29) is 4.47 Å². The highest BCUT2D eigenvalue weighted by atomic mass is 79.9. The van der Waals surface area contributed by atoms with Gasteiger partial charge in [-0.15, -0.1) is 0 Å². The molecule has 0 aromatic carbocycles. The molecule has 1 rings (SSSR count). The molecule has 0 N–H and O–H groups in total. The standard InChI is InChI=1S/C10H9BrF3NO4S/c1-5(20(2,17)18)9(16)19-8-7(10(12,13)14)3-6(11)4-15-8/h3-5H,1-2H3. The maximum atomic E-state index is 12.7. The molecule has 20 heavy (non-hydrogen) atoms. The molecular weight excluding hydrogens is 367 g/mol. The van der Waals surface area contributed by atoms with Gasteiger partial charge in [0, 0.05) is 16.9 Å². The Labute approximate surface area is 121 Å². The highest BCUT2D eigenvalue weighted by Crippen LogP contribution is 2.36. The van der Waals surface area contributed by atoms with Gasteiger partial charge in [0.05, 0.1) is 0 Å². The largest absolute Gasteiger partial charge is 0.421 e. The second-order valence-electron chi connectivity index (χ2n) is 3.90. The van der Waals surface area contributed by atoms with Crippen LogP contribution in [0.25, 0.3) is 0 Å². The van der Waals surface area contributed by atoms with Crippen molar-refractivity contribution in [3.8, 4) is 5.88 Å². The number of halogens is 4. The molecule has 1 heterocycles. The van der Waals surface area contributed by atoms with E-state index < -0.39 is 38.7 Å². The smallest absolute Gasteiger partial charge is 0.406 e. The SMILES string of the molecule is CC(C(=O)Oc1ncc(Br)cc1C(F)(F)F)S(C)(=O)=O. The number of pyridine rings is 1. The minimum Gasteiger partial charge on any atom is -0.406 e. The maximum absolute atomic E-state index is 12.7. The van der Waals surface area contributed by atoms with Crippen molar-refractivity contribution < 1.29 is 31.1 Å². The van der Waals surface area contributed by atoms with Gasteiger partial charge < -0.3 is 4.74 Å². The van der Waals surface area contributed by atoms with E-state index in [0.29, 0.717) is 6.07 Å². The van der Waals surface area contributed by atoms with E-state index in [1.54, 1.807) is 0 Å². The van der Waals surface area contributed by atoms with Gasteiger partial charge in [-0.1, -0.05) is 0 Å². The van der Waals surface area contributed by atoms with Crippen molar-refractivity contribution in [3.05, 3.63) is 22.3 Å². The quantitative estimate of drug-likeness (QED) is 0.757. The van der Waals surface area contributed by atoms with E-state index in [2.05, 4.69) is 25.7 Å². The van der Waals surface area contributed by atoms with E-state index in [1.165, 1.54) is 0 Å². The van der Waals surface area contributed by atoms with Crippen LogP contribution in [0.2, 0.25) is 0 Å². The number of esters is 1. The van der Waals surface area contributed by atoms with Gasteiger partial charge in [-0.3, -0.25) is 4.79 Å². The maximum Gasteiger partial charge on any atom is 0.421 e. The van der Waals surface area contributed by atoms with Gasteiger partial charge in [0.25, 0.3) is 0 Å². The zero-order valence-corrected chi connectivity index (χ0v) is 12.6. The Hall–Kier alpha value is -1.16. The first-order chi connectivity index (χ1) is 8.93. The topological polar surface area (TPSA) is 73.3 Å². The van der Waals surface area contributed by atoms with Crippen LogP contribution in [0.3, 0.4) is 0 Å². The fraction of sp³-hybridized carbons (Fsp3) is 0.400. The molecular formula is C10H9BrF3NO4S. The van der Waals surface area contributed by atoms with E-state index >= 15 is 0 Å². The molecule has 0 amide bonds. The van der Waals surface area contributed by atoms with Crippen molar-refractivity contribution in [2.24, 2.45) is 0 Å². The molecule has 0 aliphatic heterocycles. The van der Waals surface area contributed by atoms with E-state index in [4.69, 9.17) is 0 Å². The number of hydrogen-bond acceptors (Lipinski definition) is 5. The highest BCUT2D eigenvalue weighted by Gasteiger charge is 2.37. The minimum atomic E-state index is -4.79. The molecule has 0 saturated heterocycles. The molecule has 1 atom stereocenters. The van der Waals surface area contributed by atoms with E-state index in [0.717, 1.165) is 19.4 Å². The molecule has 0 bridgehead atoms. The Balaban J connectivity index is 3.14. The summed E-state index contributed by atoms with van der Waals surface area (Å²) in [4.78, 5) is 14.8. The normalized spacial score (nSPS) is 13.9. The van der Waals surface area contributed by atoms with Crippen LogP contribution in [0.1, 0.15) is 12.5 Å². The first kappa shape index (κ1) is 16.9. The molecule has 1 aromatic heterocycles. The molecule has 112 valence electrons. The van der Waals surface area contributed by atoms with Gasteiger partial charge in [0.15, 0.2) is 15.1 Å². The van der Waals surface area contributed by atoms with Crippen molar-refractivity contribution in [2.75, 3.05) is 6.26 Å². The Bertz CT molecular complexity index is 630. The summed E-state index contributed by atoms with van der Waals surface area (Å²) >= 11 is 2.82. The summed E-state index contributed by atoms with van der Waals surface area (Å²) in [5.74, 6) is -2.31. The van der Waals surface area contributed by atoms with Gasteiger partial charge in [0.1, 0.15) is 5.56 Å². The number of rotatable bonds is 3. The predicted octanol–water partition coefficient (Wildman–Crippen LogP) is 2.20. The van der Waals surface area contributed by atoms with Crippen LogP contribution in [0, 0.1) is 0 Å². The molecule has 0 spiro atoms. The van der Waals surface area contributed by atoms with Crippen molar-refractivity contribution in [1.82, 2.24) is 4.98 Å². The first-order valence-electron chi connectivity index (χ1n) is 5.06. The molecule has 1 unspecified atom stereocenters. The van der Waals surface area contributed by atoms with Crippen molar-refractivity contribution >= 4 is 31.7 Å². The predicted molar refractivity (Wildman–Crippen MR) is 66.9 cm³/mol. The summed E-state index contributed by atoms with van der Waals surface area (Å²) < 4.78 is 65.0. The summed E-state index contributed by atoms with van der Waals surface area (Å²) in [6.07, 6.45) is -3.01. The fourth-order valence-electron chi connectivity index (χ4n) is 1.06.